The molecule has 0 aromatic carbocycles. The lowest BCUT2D eigenvalue weighted by Gasteiger charge is -2.41. The van der Waals surface area contributed by atoms with Gasteiger partial charge in [0.05, 0.1) is 12.2 Å². The third kappa shape index (κ3) is 1.58. The van der Waals surface area contributed by atoms with Crippen molar-refractivity contribution in [2.75, 3.05) is 0 Å². The number of hydrogen-bond donors (Lipinski definition) is 0. The van der Waals surface area contributed by atoms with Crippen LogP contribution in [0.4, 0.5) is 0 Å². The van der Waals surface area contributed by atoms with Crippen molar-refractivity contribution in [1.82, 2.24) is 0 Å². The van der Waals surface area contributed by atoms with Crippen LogP contribution in [0, 0.1) is 17.8 Å². The van der Waals surface area contributed by atoms with E-state index in [1.807, 2.05) is 0 Å². The van der Waals surface area contributed by atoms with E-state index < -0.39 is 0 Å². The van der Waals surface area contributed by atoms with Gasteiger partial charge < -0.3 is 4.74 Å². The average Bonchev–Trinajstić information content (AvgIpc) is 1.97. The first kappa shape index (κ1) is 9.05. The van der Waals surface area contributed by atoms with E-state index in [0.29, 0.717) is 24.0 Å². The second-order valence-electron chi connectivity index (χ2n) is 4.12. The molecule has 0 saturated carbocycles. The van der Waals surface area contributed by atoms with Crippen LogP contribution >= 0.6 is 0 Å². The van der Waals surface area contributed by atoms with Crippen molar-refractivity contribution < 1.29 is 4.74 Å². The maximum absolute atomic E-state index is 5.78. The zero-order valence-corrected chi connectivity index (χ0v) is 8.29. The van der Waals surface area contributed by atoms with Gasteiger partial charge in [-0.2, -0.15) is 0 Å². The van der Waals surface area contributed by atoms with Crippen molar-refractivity contribution in [3.8, 4) is 0 Å². The molecule has 2 unspecified atom stereocenters. The van der Waals surface area contributed by atoms with Crippen LogP contribution in [0.5, 0.6) is 0 Å². The fourth-order valence-electron chi connectivity index (χ4n) is 1.92. The third-order valence-corrected chi connectivity index (χ3v) is 3.57. The van der Waals surface area contributed by atoms with Gasteiger partial charge in [-0.3, -0.25) is 0 Å². The van der Waals surface area contributed by atoms with Crippen molar-refractivity contribution in [3.63, 3.8) is 0 Å². The summed E-state index contributed by atoms with van der Waals surface area (Å²) in [6.07, 6.45) is 0.882. The lowest BCUT2D eigenvalue weighted by Crippen LogP contribution is -2.41. The van der Waals surface area contributed by atoms with Crippen molar-refractivity contribution in [2.45, 2.75) is 46.8 Å². The van der Waals surface area contributed by atoms with Gasteiger partial charge in [-0.05, 0) is 31.6 Å². The van der Waals surface area contributed by atoms with E-state index >= 15 is 0 Å². The Hall–Kier alpha value is -0.0400. The maximum Gasteiger partial charge on any atom is 0.0578 e. The predicted molar refractivity (Wildman–Crippen MR) is 47.5 cm³/mol. The summed E-state index contributed by atoms with van der Waals surface area (Å²) in [5.41, 5.74) is 0. The Morgan fingerprint density at radius 1 is 0.636 bits per heavy atom. The summed E-state index contributed by atoms with van der Waals surface area (Å²) in [5.74, 6) is 2.22. The summed E-state index contributed by atoms with van der Waals surface area (Å²) in [5, 5.41) is 0. The van der Waals surface area contributed by atoms with E-state index in [-0.39, 0.29) is 0 Å². The van der Waals surface area contributed by atoms with Crippen LogP contribution in [0.1, 0.15) is 34.6 Å². The standard InChI is InChI=1S/C10H20O/c1-6-7(2)9(4)11-10(5)8(6)3/h6-10H,1-5H3/t6?,7-,8+,9-,10?/m0/s1. The minimum atomic E-state index is 0.441. The Morgan fingerprint density at radius 3 is 1.36 bits per heavy atom. The Balaban J connectivity index is 2.63. The molecule has 1 aliphatic rings. The molecule has 1 heteroatoms. The molecule has 0 aromatic rings. The van der Waals surface area contributed by atoms with Crippen LogP contribution in [-0.2, 0) is 4.74 Å². The lowest BCUT2D eigenvalue weighted by molar-refractivity contribution is -0.116. The van der Waals surface area contributed by atoms with Gasteiger partial charge in [-0.25, -0.2) is 0 Å². The van der Waals surface area contributed by atoms with Gasteiger partial charge >= 0.3 is 0 Å². The molecule has 11 heavy (non-hydrogen) atoms. The topological polar surface area (TPSA) is 9.23 Å². The maximum atomic E-state index is 5.78. The molecule has 5 atom stereocenters. The van der Waals surface area contributed by atoms with Gasteiger partial charge in [0.15, 0.2) is 0 Å². The van der Waals surface area contributed by atoms with Crippen molar-refractivity contribution in [1.29, 1.82) is 0 Å². The van der Waals surface area contributed by atoms with E-state index in [9.17, 15) is 0 Å². The number of rotatable bonds is 0. The monoisotopic (exact) mass is 156 g/mol. The zero-order valence-electron chi connectivity index (χ0n) is 8.29. The van der Waals surface area contributed by atoms with Crippen LogP contribution in [0.15, 0.2) is 0 Å². The van der Waals surface area contributed by atoms with Crippen LogP contribution in [0.3, 0.4) is 0 Å². The van der Waals surface area contributed by atoms with Gasteiger partial charge in [0.25, 0.3) is 0 Å². The van der Waals surface area contributed by atoms with Gasteiger partial charge in [0, 0.05) is 0 Å². The van der Waals surface area contributed by atoms with Crippen molar-refractivity contribution in [2.24, 2.45) is 17.8 Å². The largest absolute Gasteiger partial charge is 0.375 e. The molecule has 1 nitrogen and oxygen atoms in total. The summed E-state index contributed by atoms with van der Waals surface area (Å²) >= 11 is 0. The van der Waals surface area contributed by atoms with E-state index in [0.717, 1.165) is 5.92 Å². The van der Waals surface area contributed by atoms with Crippen molar-refractivity contribution in [3.05, 3.63) is 0 Å². The van der Waals surface area contributed by atoms with Crippen LogP contribution in [0.2, 0.25) is 0 Å². The van der Waals surface area contributed by atoms with Crippen LogP contribution in [-0.4, -0.2) is 12.2 Å². The Bertz CT molecular complexity index is 119. The molecule has 1 saturated heterocycles. The molecule has 0 amide bonds. The second-order valence-corrected chi connectivity index (χ2v) is 4.12. The lowest BCUT2D eigenvalue weighted by atomic mass is 9.77. The Morgan fingerprint density at radius 2 is 1.00 bits per heavy atom. The predicted octanol–water partition coefficient (Wildman–Crippen LogP) is 2.70. The molecular weight excluding hydrogens is 136 g/mol. The Labute approximate surface area is 70.1 Å². The molecule has 0 bridgehead atoms. The quantitative estimate of drug-likeness (QED) is 0.524. The van der Waals surface area contributed by atoms with Gasteiger partial charge in [0.2, 0.25) is 0 Å². The highest BCUT2D eigenvalue weighted by Crippen LogP contribution is 2.34. The molecule has 0 aromatic heterocycles. The van der Waals surface area contributed by atoms with Crippen LogP contribution in [0.25, 0.3) is 0 Å². The third-order valence-electron chi connectivity index (χ3n) is 3.57. The summed E-state index contributed by atoms with van der Waals surface area (Å²) in [6, 6.07) is 0. The number of hydrogen-bond acceptors (Lipinski definition) is 1. The Kier molecular flexibility index (Phi) is 2.58. The second kappa shape index (κ2) is 3.14. The summed E-state index contributed by atoms with van der Waals surface area (Å²) in [6.45, 7) is 11.3. The van der Waals surface area contributed by atoms with Gasteiger partial charge in [-0.15, -0.1) is 0 Å². The fourth-order valence-corrected chi connectivity index (χ4v) is 1.92. The first-order valence-corrected chi connectivity index (χ1v) is 4.69. The zero-order chi connectivity index (χ0) is 8.59. The smallest absolute Gasteiger partial charge is 0.0578 e. The molecule has 1 fully saturated rings. The highest BCUT2D eigenvalue weighted by atomic mass is 16.5. The highest BCUT2D eigenvalue weighted by Gasteiger charge is 2.34. The normalized spacial score (nSPS) is 52.6. The highest BCUT2D eigenvalue weighted by molar-refractivity contribution is 4.81. The van der Waals surface area contributed by atoms with E-state index in [1.165, 1.54) is 0 Å². The number of ether oxygens (including phenoxy) is 1. The molecule has 0 spiro atoms. The van der Waals surface area contributed by atoms with Gasteiger partial charge in [0.1, 0.15) is 0 Å². The molecule has 0 N–H and O–H groups in total. The van der Waals surface area contributed by atoms with E-state index in [1.54, 1.807) is 0 Å². The first-order valence-electron chi connectivity index (χ1n) is 4.69. The van der Waals surface area contributed by atoms with Crippen LogP contribution < -0.4 is 0 Å². The SMILES string of the molecule is CC1O[C@@H](C)[C@@H](C)C(C)[C@H]1C. The molecule has 1 rings (SSSR count). The summed E-state index contributed by atoms with van der Waals surface area (Å²) in [4.78, 5) is 0. The van der Waals surface area contributed by atoms with Gasteiger partial charge in [-0.1, -0.05) is 20.8 Å². The molecule has 66 valence electrons. The fraction of sp³-hybridized carbons (Fsp3) is 1.00. The minimum absolute atomic E-state index is 0.441. The molecule has 0 aliphatic carbocycles. The van der Waals surface area contributed by atoms with E-state index in [4.69, 9.17) is 4.74 Å². The molecule has 1 heterocycles. The molecule has 0 radical (unpaired) electrons. The first-order chi connectivity index (χ1) is 5.04. The molecule has 1 aliphatic heterocycles. The van der Waals surface area contributed by atoms with Crippen molar-refractivity contribution >= 4 is 0 Å². The molecular formula is C10H20O. The minimum Gasteiger partial charge on any atom is -0.375 e. The summed E-state index contributed by atoms with van der Waals surface area (Å²) < 4.78 is 5.78. The summed E-state index contributed by atoms with van der Waals surface area (Å²) in [7, 11) is 0. The van der Waals surface area contributed by atoms with E-state index in [2.05, 4.69) is 34.6 Å². The average molecular weight is 156 g/mol.